The van der Waals surface area contributed by atoms with Crippen molar-refractivity contribution in [2.45, 2.75) is 13.3 Å². The molecule has 0 fully saturated rings. The second kappa shape index (κ2) is 6.65. The van der Waals surface area contributed by atoms with Crippen LogP contribution in [0.4, 0.5) is 15.9 Å². The monoisotopic (exact) mass is 291 g/mol. The molecular weight excluding hydrogens is 277 g/mol. The smallest absolute Gasteiger partial charge is 0.314 e. The summed E-state index contributed by atoms with van der Waals surface area (Å²) in [6.07, 6.45) is 2.41. The van der Waals surface area contributed by atoms with E-state index in [0.717, 1.165) is 19.0 Å². The molecule has 0 bridgehead atoms. The van der Waals surface area contributed by atoms with Gasteiger partial charge >= 0.3 is 5.69 Å². The predicted octanol–water partition coefficient (Wildman–Crippen LogP) is 3.74. The highest BCUT2D eigenvalue weighted by atomic mass is 19.1. The number of nitrogens with zero attached hydrogens (tertiary/aromatic N) is 2. The number of anilines is 1. The van der Waals surface area contributed by atoms with E-state index in [4.69, 9.17) is 4.74 Å². The van der Waals surface area contributed by atoms with Crippen LogP contribution in [0.2, 0.25) is 0 Å². The largest absolute Gasteiger partial charge is 0.447 e. The summed E-state index contributed by atoms with van der Waals surface area (Å²) >= 11 is 0. The number of nitro benzene ring substituents is 1. The Morgan fingerprint density at radius 1 is 1.43 bits per heavy atom. The van der Waals surface area contributed by atoms with Crippen LogP contribution in [0, 0.1) is 15.9 Å². The van der Waals surface area contributed by atoms with Crippen LogP contribution in [-0.4, -0.2) is 16.5 Å². The van der Waals surface area contributed by atoms with E-state index < -0.39 is 22.2 Å². The molecule has 0 aliphatic heterocycles. The van der Waals surface area contributed by atoms with Crippen molar-refractivity contribution in [2.75, 3.05) is 11.9 Å². The molecule has 0 unspecified atom stereocenters. The SMILES string of the molecule is CCCNc1cc(Oc2c(F)cccc2[N+](=O)[O-])ccn1. The number of halogens is 1. The van der Waals surface area contributed by atoms with Crippen LogP contribution < -0.4 is 10.1 Å². The Hall–Kier alpha value is -2.70. The van der Waals surface area contributed by atoms with E-state index in [0.29, 0.717) is 5.82 Å². The average Bonchev–Trinajstić information content (AvgIpc) is 2.47. The third kappa shape index (κ3) is 3.65. The van der Waals surface area contributed by atoms with Crippen LogP contribution in [0.3, 0.4) is 0 Å². The summed E-state index contributed by atoms with van der Waals surface area (Å²) in [5.74, 6) is -0.357. The number of para-hydroxylation sites is 1. The molecule has 0 saturated carbocycles. The third-order valence-corrected chi connectivity index (χ3v) is 2.65. The summed E-state index contributed by atoms with van der Waals surface area (Å²) in [5, 5.41) is 14.0. The molecule has 0 aliphatic rings. The Balaban J connectivity index is 2.28. The minimum absolute atomic E-state index is 0.275. The summed E-state index contributed by atoms with van der Waals surface area (Å²) in [5.41, 5.74) is -0.421. The van der Waals surface area contributed by atoms with E-state index in [1.807, 2.05) is 6.92 Å². The van der Waals surface area contributed by atoms with Crippen molar-refractivity contribution in [3.05, 3.63) is 52.5 Å². The number of rotatable bonds is 6. The van der Waals surface area contributed by atoms with Gasteiger partial charge in [-0.3, -0.25) is 10.1 Å². The lowest BCUT2D eigenvalue weighted by Gasteiger charge is -2.09. The zero-order valence-corrected chi connectivity index (χ0v) is 11.4. The molecule has 110 valence electrons. The first kappa shape index (κ1) is 14.7. The molecule has 0 spiro atoms. The van der Waals surface area contributed by atoms with Crippen molar-refractivity contribution in [3.63, 3.8) is 0 Å². The van der Waals surface area contributed by atoms with Crippen molar-refractivity contribution < 1.29 is 14.1 Å². The molecule has 1 aromatic carbocycles. The number of aromatic nitrogens is 1. The highest BCUT2D eigenvalue weighted by Crippen LogP contribution is 2.34. The zero-order valence-electron chi connectivity index (χ0n) is 11.4. The van der Waals surface area contributed by atoms with E-state index in [1.54, 1.807) is 6.07 Å². The first-order chi connectivity index (χ1) is 10.1. The molecule has 21 heavy (non-hydrogen) atoms. The van der Waals surface area contributed by atoms with Gasteiger partial charge in [-0.2, -0.15) is 0 Å². The van der Waals surface area contributed by atoms with Gasteiger partial charge in [-0.25, -0.2) is 9.37 Å². The Bertz CT molecular complexity index is 649. The number of nitro groups is 1. The third-order valence-electron chi connectivity index (χ3n) is 2.65. The highest BCUT2D eigenvalue weighted by molar-refractivity contribution is 5.50. The van der Waals surface area contributed by atoms with E-state index in [9.17, 15) is 14.5 Å². The maximum Gasteiger partial charge on any atom is 0.314 e. The molecule has 0 saturated heterocycles. The van der Waals surface area contributed by atoms with Gasteiger partial charge < -0.3 is 10.1 Å². The Kier molecular flexibility index (Phi) is 4.65. The Labute approximate surface area is 120 Å². The number of nitrogens with one attached hydrogen (secondary N) is 1. The summed E-state index contributed by atoms with van der Waals surface area (Å²) in [4.78, 5) is 14.3. The van der Waals surface area contributed by atoms with E-state index in [1.165, 1.54) is 24.4 Å². The van der Waals surface area contributed by atoms with Gasteiger partial charge in [0.2, 0.25) is 5.75 Å². The fourth-order valence-corrected chi connectivity index (χ4v) is 1.68. The first-order valence-corrected chi connectivity index (χ1v) is 6.42. The molecule has 2 rings (SSSR count). The topological polar surface area (TPSA) is 77.3 Å². The lowest BCUT2D eigenvalue weighted by atomic mass is 10.3. The van der Waals surface area contributed by atoms with Crippen LogP contribution >= 0.6 is 0 Å². The van der Waals surface area contributed by atoms with Crippen LogP contribution in [-0.2, 0) is 0 Å². The van der Waals surface area contributed by atoms with Gasteiger partial charge in [-0.1, -0.05) is 13.0 Å². The van der Waals surface area contributed by atoms with Crippen LogP contribution in [0.15, 0.2) is 36.5 Å². The Morgan fingerprint density at radius 3 is 2.95 bits per heavy atom. The zero-order chi connectivity index (χ0) is 15.2. The fourth-order valence-electron chi connectivity index (χ4n) is 1.68. The van der Waals surface area contributed by atoms with Gasteiger partial charge in [-0.05, 0) is 18.6 Å². The predicted molar refractivity (Wildman–Crippen MR) is 76.1 cm³/mol. The molecule has 0 amide bonds. The first-order valence-electron chi connectivity index (χ1n) is 6.42. The van der Waals surface area contributed by atoms with Crippen molar-refractivity contribution in [3.8, 4) is 11.5 Å². The van der Waals surface area contributed by atoms with Crippen molar-refractivity contribution >= 4 is 11.5 Å². The molecule has 2 aromatic rings. The molecule has 1 heterocycles. The van der Waals surface area contributed by atoms with Gasteiger partial charge in [0.25, 0.3) is 0 Å². The summed E-state index contributed by atoms with van der Waals surface area (Å²) < 4.78 is 19.1. The molecular formula is C14H14FN3O3. The summed E-state index contributed by atoms with van der Waals surface area (Å²) in [6, 6.07) is 6.63. The minimum Gasteiger partial charge on any atom is -0.447 e. The molecule has 0 aliphatic carbocycles. The number of hydrogen-bond donors (Lipinski definition) is 1. The Morgan fingerprint density at radius 2 is 2.24 bits per heavy atom. The van der Waals surface area contributed by atoms with Crippen molar-refractivity contribution in [2.24, 2.45) is 0 Å². The fraction of sp³-hybridized carbons (Fsp3) is 0.214. The summed E-state index contributed by atoms with van der Waals surface area (Å²) in [6.45, 7) is 2.74. The molecule has 0 radical (unpaired) electrons. The normalized spacial score (nSPS) is 10.2. The second-order valence-corrected chi connectivity index (χ2v) is 4.25. The minimum atomic E-state index is -0.788. The van der Waals surface area contributed by atoms with Crippen LogP contribution in [0.5, 0.6) is 11.5 Å². The van der Waals surface area contributed by atoms with Gasteiger partial charge in [0.1, 0.15) is 11.6 Å². The van der Waals surface area contributed by atoms with Crippen molar-refractivity contribution in [1.29, 1.82) is 0 Å². The highest BCUT2D eigenvalue weighted by Gasteiger charge is 2.20. The quantitative estimate of drug-likeness (QED) is 0.648. The molecule has 1 aromatic heterocycles. The van der Waals surface area contributed by atoms with E-state index in [2.05, 4.69) is 10.3 Å². The van der Waals surface area contributed by atoms with Crippen LogP contribution in [0.1, 0.15) is 13.3 Å². The number of benzene rings is 1. The standard InChI is InChI=1S/C14H14FN3O3/c1-2-7-16-13-9-10(6-8-17-13)21-14-11(15)4-3-5-12(14)18(19)20/h3-6,8-9H,2,7H2,1H3,(H,16,17). The van der Waals surface area contributed by atoms with Gasteiger partial charge in [-0.15, -0.1) is 0 Å². The lowest BCUT2D eigenvalue weighted by Crippen LogP contribution is -2.02. The van der Waals surface area contributed by atoms with Gasteiger partial charge in [0.15, 0.2) is 5.82 Å². The van der Waals surface area contributed by atoms with E-state index in [-0.39, 0.29) is 5.75 Å². The van der Waals surface area contributed by atoms with Gasteiger partial charge in [0.05, 0.1) is 4.92 Å². The van der Waals surface area contributed by atoms with Crippen molar-refractivity contribution in [1.82, 2.24) is 4.98 Å². The maximum absolute atomic E-state index is 13.7. The molecule has 6 nitrogen and oxygen atoms in total. The average molecular weight is 291 g/mol. The number of pyridine rings is 1. The van der Waals surface area contributed by atoms with E-state index >= 15 is 0 Å². The van der Waals surface area contributed by atoms with Crippen LogP contribution in [0.25, 0.3) is 0 Å². The second-order valence-electron chi connectivity index (χ2n) is 4.25. The summed E-state index contributed by atoms with van der Waals surface area (Å²) in [7, 11) is 0. The van der Waals surface area contributed by atoms with Gasteiger partial charge in [0, 0.05) is 24.9 Å². The number of hydrogen-bond acceptors (Lipinski definition) is 5. The molecule has 0 atom stereocenters. The lowest BCUT2D eigenvalue weighted by molar-refractivity contribution is -0.385. The molecule has 1 N–H and O–H groups in total. The number of ether oxygens (including phenoxy) is 1. The molecule has 7 heteroatoms. The maximum atomic E-state index is 13.7.